The molecular weight excluding hydrogens is 464 g/mol. The van der Waals surface area contributed by atoms with Crippen LogP contribution in [0, 0.1) is 0 Å². The Balaban J connectivity index is 1.50. The summed E-state index contributed by atoms with van der Waals surface area (Å²) in [6.07, 6.45) is 0. The molecule has 2 nitrogen and oxygen atoms in total. The number of aromatic nitrogens is 2. The average molecular weight is 491 g/mol. The Hall–Kier alpha value is -4.34. The highest BCUT2D eigenvalue weighted by Gasteiger charge is 2.42. The van der Waals surface area contributed by atoms with Crippen molar-refractivity contribution >= 4 is 29.4 Å². The smallest absolute Gasteiger partial charge is 0.159 e. The molecule has 176 valence electrons. The first kappa shape index (κ1) is 21.9. The molecule has 1 aliphatic heterocycles. The maximum absolute atomic E-state index is 5.30. The third-order valence-electron chi connectivity index (χ3n) is 7.62. The van der Waals surface area contributed by atoms with E-state index in [4.69, 9.17) is 9.97 Å². The Labute approximate surface area is 218 Å². The van der Waals surface area contributed by atoms with E-state index in [0.717, 1.165) is 22.6 Å². The molecule has 0 fully saturated rings. The Kier molecular flexibility index (Phi) is 4.95. The first-order chi connectivity index (χ1) is 18.1. The van der Waals surface area contributed by atoms with E-state index in [-0.39, 0.29) is 0 Å². The van der Waals surface area contributed by atoms with Gasteiger partial charge in [-0.05, 0) is 32.6 Å². The Morgan fingerprint density at radius 1 is 0.514 bits per heavy atom. The molecular formula is C34H26N2Si. The van der Waals surface area contributed by atoms with Gasteiger partial charge in [0.25, 0.3) is 0 Å². The summed E-state index contributed by atoms with van der Waals surface area (Å²) in [5.74, 6) is 0.805. The van der Waals surface area contributed by atoms with E-state index in [0.29, 0.717) is 0 Å². The molecule has 5 aromatic carbocycles. The highest BCUT2D eigenvalue weighted by atomic mass is 28.3. The van der Waals surface area contributed by atoms with Gasteiger partial charge in [0.1, 0.15) is 8.07 Å². The van der Waals surface area contributed by atoms with E-state index in [1.807, 2.05) is 6.07 Å². The van der Waals surface area contributed by atoms with Gasteiger partial charge in [0, 0.05) is 22.0 Å². The normalized spacial score (nSPS) is 13.4. The summed E-state index contributed by atoms with van der Waals surface area (Å²) in [7, 11) is -2.09. The van der Waals surface area contributed by atoms with Crippen LogP contribution in [-0.4, -0.2) is 18.0 Å². The largest absolute Gasteiger partial charge is 0.237 e. The van der Waals surface area contributed by atoms with Crippen LogP contribution in [0.3, 0.4) is 0 Å². The Morgan fingerprint density at radius 2 is 1.11 bits per heavy atom. The van der Waals surface area contributed by atoms with Crippen LogP contribution >= 0.6 is 0 Å². The summed E-state index contributed by atoms with van der Waals surface area (Å²) in [5.41, 5.74) is 8.14. The van der Waals surface area contributed by atoms with Crippen molar-refractivity contribution in [1.82, 2.24) is 9.97 Å². The van der Waals surface area contributed by atoms with E-state index >= 15 is 0 Å². The van der Waals surface area contributed by atoms with Gasteiger partial charge in [-0.1, -0.05) is 134 Å². The molecule has 0 amide bonds. The quantitative estimate of drug-likeness (QED) is 0.241. The molecule has 0 bridgehead atoms. The molecule has 6 aromatic rings. The molecule has 0 saturated heterocycles. The third-order valence-corrected chi connectivity index (χ3v) is 11.0. The van der Waals surface area contributed by atoms with Crippen molar-refractivity contribution in [3.63, 3.8) is 0 Å². The molecule has 7 rings (SSSR count). The molecule has 3 heteroatoms. The molecule has 2 heterocycles. The second-order valence-corrected chi connectivity index (χ2v) is 14.5. The van der Waals surface area contributed by atoms with Crippen LogP contribution in [0.4, 0.5) is 0 Å². The van der Waals surface area contributed by atoms with Crippen LogP contribution in [0.5, 0.6) is 0 Å². The van der Waals surface area contributed by atoms with E-state index in [1.54, 1.807) is 0 Å². The van der Waals surface area contributed by atoms with E-state index in [2.05, 4.69) is 128 Å². The van der Waals surface area contributed by atoms with Crippen molar-refractivity contribution in [2.75, 3.05) is 0 Å². The molecule has 1 aromatic heterocycles. The number of hydrogen-bond acceptors (Lipinski definition) is 2. The van der Waals surface area contributed by atoms with Crippen LogP contribution in [0.2, 0.25) is 13.1 Å². The first-order valence-electron chi connectivity index (χ1n) is 12.8. The molecule has 0 atom stereocenters. The minimum atomic E-state index is -2.09. The zero-order valence-corrected chi connectivity index (χ0v) is 21.9. The molecule has 0 spiro atoms. The highest BCUT2D eigenvalue weighted by Crippen LogP contribution is 2.38. The lowest BCUT2D eigenvalue weighted by Gasteiger charge is -2.20. The van der Waals surface area contributed by atoms with Gasteiger partial charge in [-0.2, -0.15) is 0 Å². The van der Waals surface area contributed by atoms with Gasteiger partial charge in [-0.25, -0.2) is 9.97 Å². The zero-order valence-electron chi connectivity index (χ0n) is 20.9. The van der Waals surface area contributed by atoms with Gasteiger partial charge >= 0.3 is 0 Å². The van der Waals surface area contributed by atoms with Crippen LogP contribution in [0.25, 0.3) is 55.7 Å². The molecule has 0 saturated carbocycles. The topological polar surface area (TPSA) is 25.8 Å². The van der Waals surface area contributed by atoms with Crippen LogP contribution in [0.15, 0.2) is 121 Å². The monoisotopic (exact) mass is 490 g/mol. The third kappa shape index (κ3) is 3.46. The number of benzene rings is 5. The maximum Gasteiger partial charge on any atom is 0.159 e. The fraction of sp³-hybridized carbons (Fsp3) is 0.0588. The standard InChI is InChI=1S/C34H26N2Si/c1-37(2)32-28-16-10-9-13-25(28)21-22-29(32)30-31(35-33(36-34(30)37)27-14-7-4-8-15-27)26-19-17-24(18-20-26)23-11-5-3-6-12-23/h3-22H,1-2H3. The summed E-state index contributed by atoms with van der Waals surface area (Å²) in [6.45, 7) is 4.88. The summed E-state index contributed by atoms with van der Waals surface area (Å²) in [6, 6.07) is 43.1. The van der Waals surface area contributed by atoms with Gasteiger partial charge in [0.05, 0.1) is 5.69 Å². The number of hydrogen-bond donors (Lipinski definition) is 0. The van der Waals surface area contributed by atoms with Crippen molar-refractivity contribution in [3.05, 3.63) is 121 Å². The molecule has 0 N–H and O–H groups in total. The second kappa shape index (κ2) is 8.36. The van der Waals surface area contributed by atoms with E-state index in [9.17, 15) is 0 Å². The lowest BCUT2D eigenvalue weighted by Crippen LogP contribution is -2.51. The maximum atomic E-state index is 5.30. The Morgan fingerprint density at radius 3 is 1.84 bits per heavy atom. The summed E-state index contributed by atoms with van der Waals surface area (Å²) in [4.78, 5) is 10.5. The highest BCUT2D eigenvalue weighted by molar-refractivity contribution is 7.04. The number of fused-ring (bicyclic) bond motifs is 5. The first-order valence-corrected chi connectivity index (χ1v) is 15.8. The second-order valence-electron chi connectivity index (χ2n) is 10.3. The van der Waals surface area contributed by atoms with E-state index < -0.39 is 8.07 Å². The Bertz CT molecular complexity index is 1770. The number of nitrogens with zero attached hydrogens (tertiary/aromatic N) is 2. The minimum Gasteiger partial charge on any atom is -0.237 e. The van der Waals surface area contributed by atoms with Crippen LogP contribution in [-0.2, 0) is 0 Å². The summed E-state index contributed by atoms with van der Waals surface area (Å²) < 4.78 is 0. The van der Waals surface area contributed by atoms with Crippen molar-refractivity contribution in [2.45, 2.75) is 13.1 Å². The molecule has 0 unspecified atom stereocenters. The van der Waals surface area contributed by atoms with E-state index in [1.165, 1.54) is 43.5 Å². The van der Waals surface area contributed by atoms with Gasteiger partial charge in [-0.15, -0.1) is 0 Å². The van der Waals surface area contributed by atoms with Crippen molar-refractivity contribution in [3.8, 4) is 44.9 Å². The lowest BCUT2D eigenvalue weighted by atomic mass is 9.96. The molecule has 0 aliphatic carbocycles. The zero-order chi connectivity index (χ0) is 25.0. The SMILES string of the molecule is C[Si]1(C)c2nc(-c3ccccc3)nc(-c3ccc(-c4ccccc4)cc3)c2-c2ccc3ccccc3c21. The van der Waals surface area contributed by atoms with Gasteiger partial charge in [0.15, 0.2) is 5.82 Å². The molecule has 0 radical (unpaired) electrons. The fourth-order valence-electron chi connectivity index (χ4n) is 5.82. The summed E-state index contributed by atoms with van der Waals surface area (Å²) >= 11 is 0. The van der Waals surface area contributed by atoms with Gasteiger partial charge in [-0.3, -0.25) is 0 Å². The molecule has 1 aliphatic rings. The predicted molar refractivity (Wildman–Crippen MR) is 158 cm³/mol. The van der Waals surface area contributed by atoms with Crippen LogP contribution < -0.4 is 10.5 Å². The van der Waals surface area contributed by atoms with Crippen molar-refractivity contribution in [2.24, 2.45) is 0 Å². The summed E-state index contributed by atoms with van der Waals surface area (Å²) in [5, 5.41) is 5.35. The van der Waals surface area contributed by atoms with Crippen molar-refractivity contribution in [1.29, 1.82) is 0 Å². The number of rotatable bonds is 3. The van der Waals surface area contributed by atoms with Gasteiger partial charge in [0.2, 0.25) is 0 Å². The average Bonchev–Trinajstić information content (AvgIpc) is 3.20. The fourth-order valence-corrected chi connectivity index (χ4v) is 9.10. The lowest BCUT2D eigenvalue weighted by molar-refractivity contribution is 1.21. The molecule has 37 heavy (non-hydrogen) atoms. The predicted octanol–water partition coefficient (Wildman–Crippen LogP) is 7.43. The minimum absolute atomic E-state index is 0.805. The van der Waals surface area contributed by atoms with Crippen LogP contribution in [0.1, 0.15) is 0 Å². The van der Waals surface area contributed by atoms with Gasteiger partial charge < -0.3 is 0 Å². The van der Waals surface area contributed by atoms with Crippen molar-refractivity contribution < 1.29 is 0 Å².